The average molecular weight is 317 g/mol. The fraction of sp³-hybridized carbons (Fsp3) is 0.867. The molecule has 0 amide bonds. The predicted octanol–water partition coefficient (Wildman–Crippen LogP) is 3.26. The Morgan fingerprint density at radius 1 is 1.44 bits per heavy atom. The second kappa shape index (κ2) is 4.60. The van der Waals surface area contributed by atoms with Crippen molar-refractivity contribution in [1.29, 1.82) is 0 Å². The van der Waals surface area contributed by atoms with Gasteiger partial charge in [-0.25, -0.2) is 0 Å². The van der Waals surface area contributed by atoms with Gasteiger partial charge in [-0.15, -0.1) is 0 Å². The van der Waals surface area contributed by atoms with Crippen LogP contribution in [0.3, 0.4) is 0 Å². The monoisotopic (exact) mass is 316 g/mol. The van der Waals surface area contributed by atoms with Gasteiger partial charge in [0.15, 0.2) is 0 Å². The van der Waals surface area contributed by atoms with Crippen molar-refractivity contribution in [3.05, 3.63) is 11.6 Å². The molecule has 0 radical (unpaired) electrons. The molecule has 0 spiro atoms. The van der Waals surface area contributed by atoms with Crippen molar-refractivity contribution >= 4 is 15.9 Å². The van der Waals surface area contributed by atoms with Crippen molar-refractivity contribution in [3.8, 4) is 0 Å². The Kier molecular flexibility index (Phi) is 3.72. The van der Waals surface area contributed by atoms with Crippen LogP contribution >= 0.6 is 15.9 Å². The Labute approximate surface area is 119 Å². The molecule has 0 saturated heterocycles. The Balaban J connectivity index is 2.37. The van der Waals surface area contributed by atoms with Crippen molar-refractivity contribution in [2.45, 2.75) is 63.5 Å². The number of rotatable bonds is 1. The summed E-state index contributed by atoms with van der Waals surface area (Å²) in [7, 11) is 0. The van der Waals surface area contributed by atoms with Gasteiger partial charge in [0.2, 0.25) is 0 Å². The van der Waals surface area contributed by atoms with Crippen LogP contribution in [0.15, 0.2) is 11.6 Å². The first-order valence-electron chi connectivity index (χ1n) is 6.93. The SMILES string of the molecule is C[C@@H]1C[C@@H](Br)[C@@H](O)[C@]2(C)CC[C@@H](C(C)(C)O)C=C12. The molecular weight excluding hydrogens is 292 g/mol. The van der Waals surface area contributed by atoms with Crippen molar-refractivity contribution in [2.24, 2.45) is 17.3 Å². The highest BCUT2D eigenvalue weighted by molar-refractivity contribution is 9.09. The van der Waals surface area contributed by atoms with Crippen molar-refractivity contribution in [2.75, 3.05) is 0 Å². The summed E-state index contributed by atoms with van der Waals surface area (Å²) in [4.78, 5) is 0.188. The van der Waals surface area contributed by atoms with Crippen LogP contribution in [0.25, 0.3) is 0 Å². The van der Waals surface area contributed by atoms with E-state index in [9.17, 15) is 10.2 Å². The summed E-state index contributed by atoms with van der Waals surface area (Å²) in [6.45, 7) is 8.17. The minimum absolute atomic E-state index is 0.117. The summed E-state index contributed by atoms with van der Waals surface area (Å²) in [6, 6.07) is 0. The first-order valence-corrected chi connectivity index (χ1v) is 7.84. The molecule has 2 N–H and O–H groups in total. The minimum Gasteiger partial charge on any atom is -0.391 e. The van der Waals surface area contributed by atoms with Crippen LogP contribution in [0.4, 0.5) is 0 Å². The number of hydrogen-bond donors (Lipinski definition) is 2. The average Bonchev–Trinajstić information content (AvgIpc) is 2.25. The third-order valence-corrected chi connectivity index (χ3v) is 5.90. The molecule has 0 bridgehead atoms. The van der Waals surface area contributed by atoms with Gasteiger partial charge in [-0.05, 0) is 39.0 Å². The molecule has 0 aromatic heterocycles. The van der Waals surface area contributed by atoms with Crippen LogP contribution in [0.5, 0.6) is 0 Å². The van der Waals surface area contributed by atoms with E-state index in [-0.39, 0.29) is 22.3 Å². The molecule has 0 aromatic carbocycles. The summed E-state index contributed by atoms with van der Waals surface area (Å²) in [6.07, 6.45) is 4.81. The Morgan fingerprint density at radius 2 is 2.06 bits per heavy atom. The number of halogens is 1. The molecular formula is C15H25BrO2. The lowest BCUT2D eigenvalue weighted by atomic mass is 9.58. The third kappa shape index (κ3) is 2.30. The maximum atomic E-state index is 10.5. The van der Waals surface area contributed by atoms with Crippen LogP contribution in [-0.4, -0.2) is 26.7 Å². The molecule has 18 heavy (non-hydrogen) atoms. The molecule has 1 fully saturated rings. The standard InChI is InChI=1S/C15H25BrO2/c1-9-7-12(16)13(17)15(4)6-5-10(8-11(9)15)14(2,3)18/h8-10,12-13,17-18H,5-7H2,1-4H3/t9-,10-,12-,13-,15-/m1/s1. The van der Waals surface area contributed by atoms with E-state index in [2.05, 4.69) is 35.9 Å². The van der Waals surface area contributed by atoms with Gasteiger partial charge < -0.3 is 10.2 Å². The molecule has 2 nitrogen and oxygen atoms in total. The van der Waals surface area contributed by atoms with E-state index in [1.54, 1.807) is 0 Å². The summed E-state index contributed by atoms with van der Waals surface area (Å²) in [5.74, 6) is 0.690. The molecule has 0 unspecified atom stereocenters. The van der Waals surface area contributed by atoms with E-state index < -0.39 is 5.60 Å². The minimum atomic E-state index is -0.662. The molecule has 2 aliphatic carbocycles. The number of aliphatic hydroxyl groups excluding tert-OH is 1. The molecule has 1 saturated carbocycles. The van der Waals surface area contributed by atoms with Gasteiger partial charge in [-0.2, -0.15) is 0 Å². The van der Waals surface area contributed by atoms with E-state index in [4.69, 9.17) is 0 Å². The maximum absolute atomic E-state index is 10.5. The maximum Gasteiger partial charge on any atom is 0.0755 e. The molecule has 2 aliphatic rings. The van der Waals surface area contributed by atoms with E-state index in [1.807, 2.05) is 13.8 Å². The number of aliphatic hydroxyl groups is 2. The van der Waals surface area contributed by atoms with E-state index in [0.717, 1.165) is 19.3 Å². The molecule has 2 rings (SSSR count). The number of alkyl halides is 1. The van der Waals surface area contributed by atoms with E-state index in [0.29, 0.717) is 5.92 Å². The quantitative estimate of drug-likeness (QED) is 0.576. The second-order valence-corrected chi connectivity index (χ2v) is 8.11. The fourth-order valence-electron chi connectivity index (χ4n) is 3.69. The highest BCUT2D eigenvalue weighted by atomic mass is 79.9. The Morgan fingerprint density at radius 3 is 2.61 bits per heavy atom. The first kappa shape index (κ1) is 14.5. The number of hydrogen-bond acceptors (Lipinski definition) is 2. The molecule has 0 aromatic rings. The fourth-order valence-corrected chi connectivity index (χ4v) is 4.83. The van der Waals surface area contributed by atoms with Crippen LogP contribution in [0, 0.1) is 17.3 Å². The lowest BCUT2D eigenvalue weighted by Crippen LogP contribution is -2.50. The van der Waals surface area contributed by atoms with E-state index in [1.165, 1.54) is 5.57 Å². The topological polar surface area (TPSA) is 40.5 Å². The second-order valence-electron chi connectivity index (χ2n) is 6.94. The predicted molar refractivity (Wildman–Crippen MR) is 77.7 cm³/mol. The Hall–Kier alpha value is 0.140. The highest BCUT2D eigenvalue weighted by Gasteiger charge is 2.49. The lowest BCUT2D eigenvalue weighted by molar-refractivity contribution is -0.0118. The van der Waals surface area contributed by atoms with Crippen LogP contribution < -0.4 is 0 Å². The lowest BCUT2D eigenvalue weighted by Gasteiger charge is -2.50. The van der Waals surface area contributed by atoms with Gasteiger partial charge in [0.1, 0.15) is 0 Å². The zero-order valence-corrected chi connectivity index (χ0v) is 13.4. The third-order valence-electron chi connectivity index (χ3n) is 5.03. The molecule has 3 heteroatoms. The molecule has 5 atom stereocenters. The van der Waals surface area contributed by atoms with Gasteiger partial charge >= 0.3 is 0 Å². The smallest absolute Gasteiger partial charge is 0.0755 e. The van der Waals surface area contributed by atoms with Crippen LogP contribution in [0.2, 0.25) is 0 Å². The summed E-state index contributed by atoms with van der Waals surface area (Å²) < 4.78 is 0. The van der Waals surface area contributed by atoms with Crippen molar-refractivity contribution < 1.29 is 10.2 Å². The zero-order valence-electron chi connectivity index (χ0n) is 11.8. The van der Waals surface area contributed by atoms with Gasteiger partial charge in [-0.3, -0.25) is 0 Å². The summed E-state index contributed by atoms with van der Waals surface area (Å²) in [5, 5.41) is 20.7. The Bertz CT molecular complexity index is 358. The first-order chi connectivity index (χ1) is 8.16. The van der Waals surface area contributed by atoms with Crippen LogP contribution in [-0.2, 0) is 0 Å². The molecule has 0 aliphatic heterocycles. The summed E-state index contributed by atoms with van der Waals surface area (Å²) >= 11 is 3.62. The summed E-state index contributed by atoms with van der Waals surface area (Å²) in [5.41, 5.74) is 0.571. The molecule has 104 valence electrons. The van der Waals surface area contributed by atoms with Crippen molar-refractivity contribution in [1.82, 2.24) is 0 Å². The van der Waals surface area contributed by atoms with Gasteiger partial charge in [-0.1, -0.05) is 41.4 Å². The largest absolute Gasteiger partial charge is 0.391 e. The van der Waals surface area contributed by atoms with Crippen molar-refractivity contribution in [3.63, 3.8) is 0 Å². The normalized spacial score (nSPS) is 45.4. The van der Waals surface area contributed by atoms with Gasteiger partial charge in [0.25, 0.3) is 0 Å². The highest BCUT2D eigenvalue weighted by Crippen LogP contribution is 2.53. The van der Waals surface area contributed by atoms with Gasteiger partial charge in [0.05, 0.1) is 11.7 Å². The number of fused-ring (bicyclic) bond motifs is 1. The van der Waals surface area contributed by atoms with Crippen LogP contribution in [0.1, 0.15) is 47.0 Å². The van der Waals surface area contributed by atoms with E-state index >= 15 is 0 Å². The molecule has 0 heterocycles. The van der Waals surface area contributed by atoms with Gasteiger partial charge in [0, 0.05) is 16.2 Å². The zero-order chi connectivity index (χ0) is 13.7.